The van der Waals surface area contributed by atoms with Crippen LogP contribution in [0, 0.1) is 18.2 Å². The van der Waals surface area contributed by atoms with Gasteiger partial charge in [-0.15, -0.1) is 18.2 Å². The number of hydrogen-bond acceptors (Lipinski definition) is 5. The van der Waals surface area contributed by atoms with Crippen molar-refractivity contribution < 1.29 is 9.18 Å². The molecular formula is C23H23FN4OS. The van der Waals surface area contributed by atoms with Gasteiger partial charge in [-0.25, -0.2) is 4.39 Å². The summed E-state index contributed by atoms with van der Waals surface area (Å²) in [4.78, 5) is 23.0. The number of aromatic nitrogens is 1. The summed E-state index contributed by atoms with van der Waals surface area (Å²) in [5.41, 5.74) is 7.93. The number of halogens is 1. The second kappa shape index (κ2) is 11.6. The normalized spacial score (nSPS) is 12.7. The van der Waals surface area contributed by atoms with Gasteiger partial charge in [0, 0.05) is 18.1 Å². The lowest BCUT2D eigenvalue weighted by atomic mass is 10.1. The lowest BCUT2D eigenvalue weighted by molar-refractivity contribution is -0.114. The molecule has 0 aliphatic heterocycles. The molecule has 1 heterocycles. The number of hydrogen-bond donors (Lipinski definition) is 1. The predicted octanol–water partition coefficient (Wildman–Crippen LogP) is 4.11. The van der Waals surface area contributed by atoms with Gasteiger partial charge in [-0.3, -0.25) is 19.7 Å². The zero-order valence-corrected chi connectivity index (χ0v) is 17.5. The van der Waals surface area contributed by atoms with Crippen LogP contribution in [0.3, 0.4) is 0 Å². The molecule has 1 atom stereocenters. The minimum Gasteiger partial charge on any atom is -0.398 e. The molecule has 0 radical (unpaired) electrons. The number of nitrogens with zero attached hydrogens (tertiary/aromatic N) is 3. The van der Waals surface area contributed by atoms with Gasteiger partial charge in [-0.2, -0.15) is 0 Å². The number of carbonyl (C=O) groups excluding carboxylic acids is 1. The zero-order valence-electron chi connectivity index (χ0n) is 16.7. The lowest BCUT2D eigenvalue weighted by Gasteiger charge is -2.22. The highest BCUT2D eigenvalue weighted by Gasteiger charge is 2.21. The number of benzene rings is 1. The van der Waals surface area contributed by atoms with Gasteiger partial charge >= 0.3 is 0 Å². The molecule has 154 valence electrons. The van der Waals surface area contributed by atoms with Crippen molar-refractivity contribution in [2.24, 2.45) is 10.7 Å². The Morgan fingerprint density at radius 2 is 2.17 bits per heavy atom. The van der Waals surface area contributed by atoms with Crippen molar-refractivity contribution in [3.63, 3.8) is 0 Å². The van der Waals surface area contributed by atoms with Crippen molar-refractivity contribution in [1.82, 2.24) is 4.98 Å². The number of nitrogens with two attached hydrogens (primary N) is 1. The van der Waals surface area contributed by atoms with Crippen molar-refractivity contribution in [1.29, 1.82) is 0 Å². The Morgan fingerprint density at radius 3 is 2.73 bits per heavy atom. The fraction of sp³-hybridized carbons (Fsp3) is 0.174. The number of carbonyl (C=O) groups is 1. The third-order valence-corrected chi connectivity index (χ3v) is 5.06. The van der Waals surface area contributed by atoms with Crippen LogP contribution in [0.25, 0.3) is 0 Å². The number of thioether (sulfide) groups is 1. The molecule has 1 unspecified atom stereocenters. The third-order valence-electron chi connectivity index (χ3n) is 4.24. The van der Waals surface area contributed by atoms with E-state index >= 15 is 0 Å². The molecule has 0 bridgehead atoms. The Kier molecular flexibility index (Phi) is 8.85. The summed E-state index contributed by atoms with van der Waals surface area (Å²) in [6.07, 6.45) is 14.7. The molecule has 0 fully saturated rings. The molecule has 7 heteroatoms. The van der Waals surface area contributed by atoms with Crippen LogP contribution >= 0.6 is 11.8 Å². The Morgan fingerprint density at radius 1 is 1.43 bits per heavy atom. The van der Waals surface area contributed by atoms with E-state index in [4.69, 9.17) is 12.2 Å². The van der Waals surface area contributed by atoms with E-state index in [1.807, 2.05) is 18.2 Å². The summed E-state index contributed by atoms with van der Waals surface area (Å²) in [7, 11) is 0. The average Bonchev–Trinajstić information content (AvgIpc) is 2.77. The molecule has 0 spiro atoms. The van der Waals surface area contributed by atoms with Crippen LogP contribution in [-0.4, -0.2) is 30.4 Å². The van der Waals surface area contributed by atoms with Crippen molar-refractivity contribution in [3.05, 3.63) is 82.9 Å². The quantitative estimate of drug-likeness (QED) is 0.286. The van der Waals surface area contributed by atoms with E-state index in [1.54, 1.807) is 24.7 Å². The summed E-state index contributed by atoms with van der Waals surface area (Å²) < 4.78 is 13.2. The number of rotatable bonds is 9. The second-order valence-electron chi connectivity index (χ2n) is 6.18. The zero-order chi connectivity index (χ0) is 21.9. The molecule has 0 saturated heterocycles. The largest absolute Gasteiger partial charge is 0.398 e. The minimum atomic E-state index is -0.395. The van der Waals surface area contributed by atoms with Gasteiger partial charge in [0.2, 0.25) is 0 Å². The highest BCUT2D eigenvalue weighted by molar-refractivity contribution is 8.03. The first-order chi connectivity index (χ1) is 14.5. The Hall–Kier alpha value is -3.37. The molecule has 0 aliphatic carbocycles. The highest BCUT2D eigenvalue weighted by Crippen LogP contribution is 2.24. The Balaban J connectivity index is 2.22. The van der Waals surface area contributed by atoms with Crippen LogP contribution in [0.1, 0.15) is 18.0 Å². The number of terminal acetylenes is 1. The summed E-state index contributed by atoms with van der Waals surface area (Å²) in [6.45, 7) is 3.67. The topological polar surface area (TPSA) is 71.6 Å². The number of pyridine rings is 1. The van der Waals surface area contributed by atoms with Crippen molar-refractivity contribution in [3.8, 4) is 12.3 Å². The first-order valence-electron chi connectivity index (χ1n) is 9.08. The molecule has 0 saturated carbocycles. The summed E-state index contributed by atoms with van der Waals surface area (Å²) in [5.74, 6) is 1.72. The first kappa shape index (κ1) is 22.9. The lowest BCUT2D eigenvalue weighted by Crippen LogP contribution is -2.32. The Labute approximate surface area is 180 Å². The molecule has 2 N–H and O–H groups in total. The standard InChI is InChI=1S/C23H23FN4OS/c1-4-15-28(19-12-10-18(24)11-13-19)23(29)22(30-3)20(25)8-5-9-21(26-2)17-7-6-14-27-16-17/h1,5-8,10-14,16,21H,2,9,15,25H2,3H3/b8-5+,22-20+. The molecule has 0 aliphatic rings. The van der Waals surface area contributed by atoms with Gasteiger partial charge in [0.1, 0.15) is 5.82 Å². The van der Waals surface area contributed by atoms with Gasteiger partial charge in [-0.05, 0) is 61.4 Å². The SMILES string of the molecule is C#CCN(C(=O)/C(SC)=C(N)/C=C/CC(N=C)c1cccnc1)c1ccc(F)cc1. The molecule has 2 rings (SSSR count). The van der Waals surface area contributed by atoms with E-state index in [9.17, 15) is 9.18 Å². The highest BCUT2D eigenvalue weighted by atomic mass is 32.2. The minimum absolute atomic E-state index is 0.0367. The number of anilines is 1. The van der Waals surface area contributed by atoms with E-state index in [2.05, 4.69) is 22.6 Å². The van der Waals surface area contributed by atoms with Crippen LogP contribution in [0.5, 0.6) is 0 Å². The maximum atomic E-state index is 13.2. The molecule has 1 amide bonds. The van der Waals surface area contributed by atoms with Crippen LogP contribution in [-0.2, 0) is 4.79 Å². The van der Waals surface area contributed by atoms with Gasteiger partial charge < -0.3 is 5.73 Å². The van der Waals surface area contributed by atoms with Crippen LogP contribution in [0.15, 0.2) is 76.5 Å². The number of allylic oxidation sites excluding steroid dienone is 1. The summed E-state index contributed by atoms with van der Waals surface area (Å²) in [6, 6.07) is 9.17. The predicted molar refractivity (Wildman–Crippen MR) is 123 cm³/mol. The number of amides is 1. The first-order valence-corrected chi connectivity index (χ1v) is 10.3. The maximum absolute atomic E-state index is 13.2. The third kappa shape index (κ3) is 6.06. The van der Waals surface area contributed by atoms with Crippen molar-refractivity contribution in [2.45, 2.75) is 12.5 Å². The van der Waals surface area contributed by atoms with Crippen LogP contribution < -0.4 is 10.6 Å². The summed E-state index contributed by atoms with van der Waals surface area (Å²) >= 11 is 1.22. The Bertz CT molecular complexity index is 965. The van der Waals surface area contributed by atoms with E-state index in [-0.39, 0.29) is 18.5 Å². The number of aliphatic imine (C=N–C) groups is 1. The maximum Gasteiger partial charge on any atom is 0.267 e. The monoisotopic (exact) mass is 422 g/mol. The van der Waals surface area contributed by atoms with Crippen LogP contribution in [0.2, 0.25) is 0 Å². The van der Waals surface area contributed by atoms with Gasteiger partial charge in [0.25, 0.3) is 5.91 Å². The van der Waals surface area contributed by atoms with Crippen LogP contribution in [0.4, 0.5) is 10.1 Å². The molecule has 2 aromatic rings. The fourth-order valence-electron chi connectivity index (χ4n) is 2.73. The molecular weight excluding hydrogens is 399 g/mol. The van der Waals surface area contributed by atoms with Crippen molar-refractivity contribution in [2.75, 3.05) is 17.7 Å². The molecule has 30 heavy (non-hydrogen) atoms. The van der Waals surface area contributed by atoms with E-state index < -0.39 is 5.82 Å². The average molecular weight is 423 g/mol. The van der Waals surface area contributed by atoms with E-state index in [0.717, 1.165) is 5.56 Å². The summed E-state index contributed by atoms with van der Waals surface area (Å²) in [5, 5.41) is 0. The van der Waals surface area contributed by atoms with Crippen molar-refractivity contribution >= 4 is 30.1 Å². The van der Waals surface area contributed by atoms with Gasteiger partial charge in [0.05, 0.1) is 23.2 Å². The molecule has 5 nitrogen and oxygen atoms in total. The fourth-order valence-corrected chi connectivity index (χ4v) is 3.32. The molecule has 1 aromatic heterocycles. The second-order valence-corrected chi connectivity index (χ2v) is 7.00. The van der Waals surface area contributed by atoms with E-state index in [0.29, 0.717) is 22.7 Å². The van der Waals surface area contributed by atoms with Gasteiger partial charge in [-0.1, -0.05) is 18.1 Å². The molecule has 1 aromatic carbocycles. The van der Waals surface area contributed by atoms with Gasteiger partial charge in [0.15, 0.2) is 0 Å². The smallest absolute Gasteiger partial charge is 0.267 e. The van der Waals surface area contributed by atoms with E-state index in [1.165, 1.54) is 40.9 Å².